The smallest absolute Gasteiger partial charge is 0.341 e. The summed E-state index contributed by atoms with van der Waals surface area (Å²) in [7, 11) is 3.08. The molecule has 312 valence electrons. The zero-order valence-electron chi connectivity index (χ0n) is 33.0. The maximum absolute atomic E-state index is 15.0. The number of pyridine rings is 2. The number of ether oxygens (including phenoxy) is 4. The molecule has 0 aliphatic carbocycles. The first-order valence-electron chi connectivity index (χ1n) is 18.8. The summed E-state index contributed by atoms with van der Waals surface area (Å²) in [6.07, 6.45) is 4.21. The van der Waals surface area contributed by atoms with E-state index in [2.05, 4.69) is 0 Å². The summed E-state index contributed by atoms with van der Waals surface area (Å²) in [6, 6.07) is 4.63. The number of halogens is 4. The van der Waals surface area contributed by atoms with E-state index in [1.54, 1.807) is 23.4 Å². The topological polar surface area (TPSA) is 156 Å². The van der Waals surface area contributed by atoms with Gasteiger partial charge in [0.15, 0.2) is 34.0 Å². The predicted molar refractivity (Wildman–Crippen MR) is 205 cm³/mol. The molecular weight excluding hydrogens is 768 g/mol. The molecule has 0 saturated carbocycles. The molecule has 2 aliphatic heterocycles. The number of nitrogens with zero attached hydrogens (tertiary/aromatic N) is 2. The molecule has 16 heteroatoms. The van der Waals surface area contributed by atoms with Gasteiger partial charge in [-0.3, -0.25) is 9.59 Å². The summed E-state index contributed by atoms with van der Waals surface area (Å²) >= 11 is 0. The average molecular weight is 815 g/mol. The van der Waals surface area contributed by atoms with Crippen molar-refractivity contribution in [3.8, 4) is 34.0 Å². The molecular formula is C42H46F4N2O10. The fourth-order valence-electron chi connectivity index (χ4n) is 7.29. The lowest BCUT2D eigenvalue weighted by atomic mass is 9.86. The van der Waals surface area contributed by atoms with Gasteiger partial charge in [0, 0.05) is 88.0 Å². The van der Waals surface area contributed by atoms with E-state index < -0.39 is 57.2 Å². The van der Waals surface area contributed by atoms with Crippen molar-refractivity contribution < 1.29 is 56.3 Å². The molecule has 4 heterocycles. The van der Waals surface area contributed by atoms with E-state index in [0.29, 0.717) is 50.0 Å². The molecule has 0 radical (unpaired) electrons. The Morgan fingerprint density at radius 2 is 1.00 bits per heavy atom. The van der Waals surface area contributed by atoms with E-state index in [-0.39, 0.29) is 71.1 Å². The maximum Gasteiger partial charge on any atom is 0.341 e. The SMILES string of the molecule is COCCCOc1cc2c(c(F)c1F)-c1cc(=O)c(C(=O)O)cn1[C@@H](C(C)C)C2.COCCCOc1cc2c(c(F)c1F)-c1cc(=O)c(C(=O)O)cn1[C@H](C(C)C)C2. The third-order valence-corrected chi connectivity index (χ3v) is 10.3. The molecule has 6 rings (SSSR count). The molecule has 0 unspecified atom stereocenters. The first kappa shape index (κ1) is 43.6. The molecule has 0 bridgehead atoms. The summed E-state index contributed by atoms with van der Waals surface area (Å²) in [5.41, 5.74) is -0.986. The van der Waals surface area contributed by atoms with Gasteiger partial charge in [0.05, 0.1) is 24.6 Å². The Morgan fingerprint density at radius 3 is 1.31 bits per heavy atom. The molecule has 2 N–H and O–H groups in total. The highest BCUT2D eigenvalue weighted by Gasteiger charge is 2.34. The van der Waals surface area contributed by atoms with Crippen LogP contribution in [0.1, 0.15) is 84.5 Å². The normalized spacial score (nSPS) is 15.2. The molecule has 2 aromatic carbocycles. The number of carboxylic acid groups (broad SMARTS) is 2. The predicted octanol–water partition coefficient (Wildman–Crippen LogP) is 7.32. The lowest BCUT2D eigenvalue weighted by Gasteiger charge is -2.33. The van der Waals surface area contributed by atoms with Crippen molar-refractivity contribution in [1.82, 2.24) is 9.13 Å². The summed E-state index contributed by atoms with van der Waals surface area (Å²) in [6.45, 7) is 9.00. The molecule has 12 nitrogen and oxygen atoms in total. The van der Waals surface area contributed by atoms with Gasteiger partial charge >= 0.3 is 11.9 Å². The molecule has 58 heavy (non-hydrogen) atoms. The fraction of sp³-hybridized carbons (Fsp3) is 0.429. The first-order valence-corrected chi connectivity index (χ1v) is 18.8. The van der Waals surface area contributed by atoms with Crippen LogP contribution in [0.4, 0.5) is 17.6 Å². The van der Waals surface area contributed by atoms with Crippen LogP contribution in [-0.2, 0) is 22.3 Å². The Hall–Kier alpha value is -5.48. The van der Waals surface area contributed by atoms with Gasteiger partial charge in [-0.15, -0.1) is 0 Å². The van der Waals surface area contributed by atoms with Crippen LogP contribution in [0.25, 0.3) is 22.5 Å². The van der Waals surface area contributed by atoms with E-state index in [1.807, 2.05) is 27.7 Å². The second-order valence-corrected chi connectivity index (χ2v) is 14.8. The number of hydrogen-bond acceptors (Lipinski definition) is 8. The minimum Gasteiger partial charge on any atom is -0.490 e. The van der Waals surface area contributed by atoms with Crippen LogP contribution < -0.4 is 20.3 Å². The maximum atomic E-state index is 15.0. The Bertz CT molecular complexity index is 2160. The van der Waals surface area contributed by atoms with E-state index in [9.17, 15) is 38.2 Å². The third-order valence-electron chi connectivity index (χ3n) is 10.3. The third kappa shape index (κ3) is 8.82. The number of hydrogen-bond donors (Lipinski definition) is 2. The minimum absolute atomic E-state index is 0.0299. The molecule has 2 aliphatic rings. The van der Waals surface area contributed by atoms with Crippen molar-refractivity contribution in [2.24, 2.45) is 11.8 Å². The van der Waals surface area contributed by atoms with Gasteiger partial charge in [0.2, 0.25) is 11.6 Å². The summed E-state index contributed by atoms with van der Waals surface area (Å²) in [4.78, 5) is 47.2. The largest absolute Gasteiger partial charge is 0.490 e. The van der Waals surface area contributed by atoms with Gasteiger partial charge in [-0.1, -0.05) is 27.7 Å². The zero-order chi connectivity index (χ0) is 42.6. The van der Waals surface area contributed by atoms with E-state index in [0.717, 1.165) is 12.1 Å². The van der Waals surface area contributed by atoms with Crippen molar-refractivity contribution in [2.45, 2.75) is 65.5 Å². The fourth-order valence-corrected chi connectivity index (χ4v) is 7.29. The van der Waals surface area contributed by atoms with Crippen molar-refractivity contribution in [3.63, 3.8) is 0 Å². The van der Waals surface area contributed by atoms with Crippen molar-refractivity contribution in [3.05, 3.63) is 103 Å². The Labute approximate surface area is 331 Å². The van der Waals surface area contributed by atoms with Crippen LogP contribution in [0.2, 0.25) is 0 Å². The number of carboxylic acids is 2. The number of aromatic nitrogens is 2. The van der Waals surface area contributed by atoms with E-state index in [4.69, 9.17) is 18.9 Å². The Kier molecular flexibility index (Phi) is 13.8. The van der Waals surface area contributed by atoms with Gasteiger partial charge in [0.1, 0.15) is 11.1 Å². The van der Waals surface area contributed by atoms with Gasteiger partial charge in [-0.05, 0) is 47.9 Å². The van der Waals surface area contributed by atoms with Crippen LogP contribution in [0.15, 0.2) is 46.2 Å². The van der Waals surface area contributed by atoms with Crippen molar-refractivity contribution in [1.29, 1.82) is 0 Å². The number of benzene rings is 2. The number of rotatable bonds is 14. The highest BCUT2D eigenvalue weighted by atomic mass is 19.2. The van der Waals surface area contributed by atoms with Crippen molar-refractivity contribution >= 4 is 11.9 Å². The lowest BCUT2D eigenvalue weighted by Crippen LogP contribution is -2.29. The van der Waals surface area contributed by atoms with Crippen molar-refractivity contribution in [2.75, 3.05) is 40.6 Å². The number of fused-ring (bicyclic) bond motifs is 6. The summed E-state index contributed by atoms with van der Waals surface area (Å²) in [5.74, 6) is -7.44. The second kappa shape index (κ2) is 18.4. The molecule has 0 amide bonds. The van der Waals surface area contributed by atoms with Crippen LogP contribution in [0.5, 0.6) is 11.5 Å². The van der Waals surface area contributed by atoms with Gasteiger partial charge in [-0.25, -0.2) is 18.4 Å². The summed E-state index contributed by atoms with van der Waals surface area (Å²) < 4.78 is 83.1. The highest BCUT2D eigenvalue weighted by Crippen LogP contribution is 2.43. The van der Waals surface area contributed by atoms with Crippen LogP contribution in [0.3, 0.4) is 0 Å². The van der Waals surface area contributed by atoms with Gasteiger partial charge in [0.25, 0.3) is 0 Å². The van der Waals surface area contributed by atoms with E-state index >= 15 is 8.78 Å². The van der Waals surface area contributed by atoms with Gasteiger partial charge in [-0.2, -0.15) is 8.78 Å². The summed E-state index contributed by atoms with van der Waals surface area (Å²) in [5, 5.41) is 18.5. The highest BCUT2D eigenvalue weighted by molar-refractivity contribution is 5.88. The Morgan fingerprint density at radius 1 is 0.638 bits per heavy atom. The van der Waals surface area contributed by atoms with Crippen LogP contribution in [0, 0.1) is 35.1 Å². The lowest BCUT2D eigenvalue weighted by molar-refractivity contribution is 0.0683. The molecule has 2 atom stereocenters. The molecule has 2 aromatic heterocycles. The van der Waals surface area contributed by atoms with Crippen LogP contribution >= 0.6 is 0 Å². The quantitative estimate of drug-likeness (QED) is 0.0978. The van der Waals surface area contributed by atoms with Crippen LogP contribution in [-0.4, -0.2) is 71.9 Å². The number of methoxy groups -OCH3 is 2. The Balaban J connectivity index is 0.000000221. The van der Waals surface area contributed by atoms with E-state index in [1.165, 1.54) is 24.5 Å². The monoisotopic (exact) mass is 814 g/mol. The molecule has 4 aromatic rings. The number of aromatic carboxylic acids is 2. The second-order valence-electron chi connectivity index (χ2n) is 14.8. The first-order chi connectivity index (χ1) is 27.5. The average Bonchev–Trinajstić information content (AvgIpc) is 3.17. The standard InChI is InChI=1S/2C21H23F2NO5/c2*1-11(2)14-7-12-8-17(29-6-4-5-28-3)19(22)20(23)18(12)15-9-16(25)13(21(26)27)10-24(14)15/h2*8-11,14H,4-7H2,1-3H3,(H,26,27)/t2*14-/m10/s1. The molecule has 0 saturated heterocycles. The minimum atomic E-state index is -1.36. The molecule has 0 fully saturated rings. The number of carbonyl (C=O) groups is 2. The molecule has 0 spiro atoms. The van der Waals surface area contributed by atoms with Gasteiger partial charge < -0.3 is 38.3 Å². The zero-order valence-corrected chi connectivity index (χ0v) is 33.0.